The largest absolute Gasteiger partial charge is 0.492 e. The fraction of sp³-hybridized carbons (Fsp3) is 0.625. The molecule has 0 aliphatic rings. The highest BCUT2D eigenvalue weighted by atomic mass is 16.5. The van der Waals surface area contributed by atoms with Gasteiger partial charge in [0.05, 0.1) is 0 Å². The minimum atomic E-state index is 0.579. The molecule has 114 valence electrons. The molecule has 0 fully saturated rings. The van der Waals surface area contributed by atoms with E-state index in [4.69, 9.17) is 10.5 Å². The van der Waals surface area contributed by atoms with Gasteiger partial charge < -0.3 is 20.3 Å². The lowest BCUT2D eigenvalue weighted by Crippen LogP contribution is -2.31. The minimum absolute atomic E-state index is 0.579. The Bertz CT molecular complexity index is 351. The first kappa shape index (κ1) is 17.0. The third kappa shape index (κ3) is 6.89. The van der Waals surface area contributed by atoms with Crippen LogP contribution in [-0.4, -0.2) is 56.7 Å². The summed E-state index contributed by atoms with van der Waals surface area (Å²) < 4.78 is 5.77. The summed E-state index contributed by atoms with van der Waals surface area (Å²) in [7, 11) is 4.23. The fourth-order valence-corrected chi connectivity index (χ4v) is 2.05. The Morgan fingerprint density at radius 1 is 1.05 bits per heavy atom. The van der Waals surface area contributed by atoms with Gasteiger partial charge in [-0.05, 0) is 57.8 Å². The van der Waals surface area contributed by atoms with Gasteiger partial charge in [-0.3, -0.25) is 0 Å². The number of nitrogens with zero attached hydrogens (tertiary/aromatic N) is 2. The van der Waals surface area contributed by atoms with Gasteiger partial charge in [0, 0.05) is 13.1 Å². The molecule has 1 aromatic carbocycles. The van der Waals surface area contributed by atoms with Crippen molar-refractivity contribution >= 4 is 0 Å². The van der Waals surface area contributed by atoms with E-state index < -0.39 is 0 Å². The molecular weight excluding hydrogens is 250 g/mol. The van der Waals surface area contributed by atoms with Gasteiger partial charge in [-0.25, -0.2) is 0 Å². The van der Waals surface area contributed by atoms with Crippen molar-refractivity contribution < 1.29 is 4.74 Å². The topological polar surface area (TPSA) is 41.7 Å². The Morgan fingerprint density at radius 2 is 1.75 bits per heavy atom. The Morgan fingerprint density at radius 3 is 2.30 bits per heavy atom. The standard InChI is InChI=1S/C16H29N3O/c1-4-19(11-5-10-18(2)3)12-13-20-16-8-6-15(14-17)7-9-16/h6-9H,4-5,10-14,17H2,1-3H3. The van der Waals surface area contributed by atoms with Crippen molar-refractivity contribution in [3.8, 4) is 5.75 Å². The summed E-state index contributed by atoms with van der Waals surface area (Å²) in [5.41, 5.74) is 6.71. The molecule has 1 rings (SSSR count). The average molecular weight is 279 g/mol. The Balaban J connectivity index is 2.22. The van der Waals surface area contributed by atoms with Crippen LogP contribution in [0.5, 0.6) is 5.75 Å². The molecule has 0 amide bonds. The molecule has 0 aliphatic heterocycles. The summed E-state index contributed by atoms with van der Waals surface area (Å²) in [5.74, 6) is 0.923. The van der Waals surface area contributed by atoms with Crippen molar-refractivity contribution in [2.45, 2.75) is 19.9 Å². The number of likely N-dealkylation sites (N-methyl/N-ethyl adjacent to an activating group) is 1. The number of ether oxygens (including phenoxy) is 1. The van der Waals surface area contributed by atoms with E-state index in [0.717, 1.165) is 44.1 Å². The van der Waals surface area contributed by atoms with Crippen LogP contribution in [0.2, 0.25) is 0 Å². The predicted octanol–water partition coefficient (Wildman–Crippen LogP) is 1.80. The van der Waals surface area contributed by atoms with E-state index in [1.807, 2.05) is 24.3 Å². The lowest BCUT2D eigenvalue weighted by Gasteiger charge is -2.21. The molecule has 0 radical (unpaired) electrons. The molecule has 0 atom stereocenters. The molecule has 4 heteroatoms. The first-order valence-electron chi connectivity index (χ1n) is 7.44. The van der Waals surface area contributed by atoms with Gasteiger partial charge in [0.25, 0.3) is 0 Å². The second-order valence-corrected chi connectivity index (χ2v) is 5.29. The Labute approximate surface area is 123 Å². The van der Waals surface area contributed by atoms with Crippen LogP contribution >= 0.6 is 0 Å². The highest BCUT2D eigenvalue weighted by molar-refractivity contribution is 5.27. The number of nitrogens with two attached hydrogens (primary N) is 1. The number of rotatable bonds is 10. The average Bonchev–Trinajstić information content (AvgIpc) is 2.46. The minimum Gasteiger partial charge on any atom is -0.492 e. The van der Waals surface area contributed by atoms with Crippen LogP contribution in [0.3, 0.4) is 0 Å². The number of hydrogen-bond acceptors (Lipinski definition) is 4. The molecule has 0 aliphatic carbocycles. The summed E-state index contributed by atoms with van der Waals surface area (Å²) in [6.45, 7) is 7.83. The van der Waals surface area contributed by atoms with Crippen molar-refractivity contribution in [1.29, 1.82) is 0 Å². The lowest BCUT2D eigenvalue weighted by molar-refractivity contribution is 0.208. The van der Waals surface area contributed by atoms with Crippen molar-refractivity contribution in [2.75, 3.05) is 46.9 Å². The zero-order valence-electron chi connectivity index (χ0n) is 13.1. The van der Waals surface area contributed by atoms with E-state index in [9.17, 15) is 0 Å². The quantitative estimate of drug-likeness (QED) is 0.709. The SMILES string of the molecule is CCN(CCCN(C)C)CCOc1ccc(CN)cc1. The maximum Gasteiger partial charge on any atom is 0.119 e. The summed E-state index contributed by atoms with van der Waals surface area (Å²) in [6.07, 6.45) is 1.20. The Hall–Kier alpha value is -1.10. The second-order valence-electron chi connectivity index (χ2n) is 5.29. The third-order valence-corrected chi connectivity index (χ3v) is 3.36. The summed E-state index contributed by atoms with van der Waals surface area (Å²) in [5, 5.41) is 0. The van der Waals surface area contributed by atoms with Crippen LogP contribution in [0.15, 0.2) is 24.3 Å². The van der Waals surface area contributed by atoms with E-state index in [2.05, 4.69) is 30.8 Å². The summed E-state index contributed by atoms with van der Waals surface area (Å²) >= 11 is 0. The first-order valence-corrected chi connectivity index (χ1v) is 7.44. The molecule has 2 N–H and O–H groups in total. The second kappa shape index (κ2) is 9.75. The molecule has 0 saturated carbocycles. The predicted molar refractivity (Wildman–Crippen MR) is 85.1 cm³/mol. The zero-order valence-corrected chi connectivity index (χ0v) is 13.1. The number of benzene rings is 1. The maximum absolute atomic E-state index is 5.77. The van der Waals surface area contributed by atoms with Gasteiger partial charge >= 0.3 is 0 Å². The smallest absolute Gasteiger partial charge is 0.119 e. The molecule has 0 spiro atoms. The molecular formula is C16H29N3O. The van der Waals surface area contributed by atoms with Crippen molar-refractivity contribution in [1.82, 2.24) is 9.80 Å². The Kier molecular flexibility index (Phi) is 8.26. The third-order valence-electron chi connectivity index (χ3n) is 3.36. The first-order chi connectivity index (χ1) is 9.65. The molecule has 0 heterocycles. The van der Waals surface area contributed by atoms with Gasteiger partial charge in [0.1, 0.15) is 12.4 Å². The molecule has 0 saturated heterocycles. The van der Waals surface area contributed by atoms with Crippen LogP contribution in [0.4, 0.5) is 0 Å². The van der Waals surface area contributed by atoms with Crippen LogP contribution < -0.4 is 10.5 Å². The van der Waals surface area contributed by atoms with Gasteiger partial charge in [-0.15, -0.1) is 0 Å². The van der Waals surface area contributed by atoms with E-state index in [1.54, 1.807) is 0 Å². The summed E-state index contributed by atoms with van der Waals surface area (Å²) in [4.78, 5) is 4.65. The fourth-order valence-electron chi connectivity index (χ4n) is 2.05. The van der Waals surface area contributed by atoms with E-state index in [-0.39, 0.29) is 0 Å². The van der Waals surface area contributed by atoms with Crippen LogP contribution in [0, 0.1) is 0 Å². The highest BCUT2D eigenvalue weighted by Crippen LogP contribution is 2.11. The molecule has 4 nitrogen and oxygen atoms in total. The van der Waals surface area contributed by atoms with Gasteiger partial charge in [0.15, 0.2) is 0 Å². The van der Waals surface area contributed by atoms with Gasteiger partial charge in [0.2, 0.25) is 0 Å². The zero-order chi connectivity index (χ0) is 14.8. The van der Waals surface area contributed by atoms with Crippen LogP contribution in [0.1, 0.15) is 18.9 Å². The van der Waals surface area contributed by atoms with E-state index in [0.29, 0.717) is 6.54 Å². The molecule has 0 bridgehead atoms. The molecule has 0 unspecified atom stereocenters. The van der Waals surface area contributed by atoms with E-state index in [1.165, 1.54) is 6.42 Å². The normalized spacial score (nSPS) is 11.3. The molecule has 20 heavy (non-hydrogen) atoms. The van der Waals surface area contributed by atoms with Crippen molar-refractivity contribution in [3.63, 3.8) is 0 Å². The summed E-state index contributed by atoms with van der Waals surface area (Å²) in [6, 6.07) is 8.02. The van der Waals surface area contributed by atoms with Gasteiger partial charge in [-0.1, -0.05) is 19.1 Å². The molecule has 1 aromatic rings. The lowest BCUT2D eigenvalue weighted by atomic mass is 10.2. The van der Waals surface area contributed by atoms with Crippen molar-refractivity contribution in [2.24, 2.45) is 5.73 Å². The van der Waals surface area contributed by atoms with E-state index >= 15 is 0 Å². The highest BCUT2D eigenvalue weighted by Gasteiger charge is 2.03. The molecule has 0 aromatic heterocycles. The van der Waals surface area contributed by atoms with Gasteiger partial charge in [-0.2, -0.15) is 0 Å². The van der Waals surface area contributed by atoms with Crippen LogP contribution in [0.25, 0.3) is 0 Å². The maximum atomic E-state index is 5.77. The monoisotopic (exact) mass is 279 g/mol. The van der Waals surface area contributed by atoms with Crippen molar-refractivity contribution in [3.05, 3.63) is 29.8 Å². The van der Waals surface area contributed by atoms with Crippen LogP contribution in [-0.2, 0) is 6.54 Å². The number of hydrogen-bond donors (Lipinski definition) is 1.